The molecule has 9 saturated carbocycles. The smallest absolute Gasteiger partial charge is 0.0766 e. The Morgan fingerprint density at radius 1 is 0.339 bits per heavy atom. The van der Waals surface area contributed by atoms with Gasteiger partial charge in [-0.2, -0.15) is 11.8 Å². The van der Waals surface area contributed by atoms with Crippen molar-refractivity contribution in [1.82, 2.24) is 4.90 Å². The van der Waals surface area contributed by atoms with Crippen LogP contribution in [-0.2, 0) is 9.47 Å². The van der Waals surface area contributed by atoms with Crippen LogP contribution in [0.5, 0.6) is 0 Å². The van der Waals surface area contributed by atoms with Crippen molar-refractivity contribution in [2.24, 2.45) is 71.0 Å². The van der Waals surface area contributed by atoms with E-state index in [4.69, 9.17) is 9.47 Å². The third-order valence-corrected chi connectivity index (χ3v) is 23.3. The number of thioether (sulfide) groups is 1. The first-order valence-electron chi connectivity index (χ1n) is 26.5. The Morgan fingerprint density at radius 3 is 1.75 bits per heavy atom. The summed E-state index contributed by atoms with van der Waals surface area (Å²) >= 11 is 2.44. The van der Waals surface area contributed by atoms with E-state index >= 15 is 0 Å². The van der Waals surface area contributed by atoms with Crippen LogP contribution in [0.1, 0.15) is 199 Å². The lowest BCUT2D eigenvalue weighted by atomic mass is 9.62. The molecule has 0 aromatic rings. The molecule has 9 aliphatic carbocycles. The van der Waals surface area contributed by atoms with E-state index in [-0.39, 0.29) is 0 Å². The molecule has 314 valence electrons. The summed E-state index contributed by atoms with van der Waals surface area (Å²) in [5.41, 5.74) is 0. The highest BCUT2D eigenvalue weighted by Gasteiger charge is 2.60. The Kier molecular flexibility index (Phi) is 11.0. The van der Waals surface area contributed by atoms with Crippen LogP contribution in [0.15, 0.2) is 0 Å². The monoisotopic (exact) mass is 786 g/mol. The lowest BCUT2D eigenvalue weighted by Crippen LogP contribution is -2.58. The van der Waals surface area contributed by atoms with Crippen molar-refractivity contribution in [3.8, 4) is 0 Å². The number of fused-ring (bicyclic) bond motifs is 11. The summed E-state index contributed by atoms with van der Waals surface area (Å²) in [6.45, 7) is 0. The van der Waals surface area contributed by atoms with Crippen molar-refractivity contribution in [1.29, 1.82) is 0 Å². The quantitative estimate of drug-likeness (QED) is 0.277. The molecule has 0 bridgehead atoms. The normalized spacial score (nSPS) is 55.6. The van der Waals surface area contributed by atoms with E-state index in [0.29, 0.717) is 30.5 Å². The van der Waals surface area contributed by atoms with Crippen LogP contribution in [-0.4, -0.2) is 57.9 Å². The van der Waals surface area contributed by atoms with E-state index in [2.05, 4.69) is 16.7 Å². The molecule has 3 nitrogen and oxygen atoms in total. The van der Waals surface area contributed by atoms with Gasteiger partial charge >= 0.3 is 0 Å². The number of nitrogens with zero attached hydrogens (tertiary/aromatic N) is 1. The predicted molar refractivity (Wildman–Crippen MR) is 231 cm³/mol. The molecule has 17 unspecified atom stereocenters. The summed E-state index contributed by atoms with van der Waals surface area (Å²) in [4.78, 5) is 3.32. The van der Waals surface area contributed by atoms with E-state index in [1.165, 1.54) is 167 Å². The Balaban J connectivity index is 0.744. The van der Waals surface area contributed by atoms with Gasteiger partial charge in [0.05, 0.1) is 24.4 Å². The SMILES string of the molecule is C1CCC2CC(C3CCC(N(C4CCC(C5CCCC6C7CCC8SC9CCCCC9C8C7OC56)CC4)C4CCCC5C6CCCCC6OC54)CC3)CCC2C1. The lowest BCUT2D eigenvalue weighted by Gasteiger charge is -2.53. The fourth-order valence-electron chi connectivity index (χ4n) is 19.1. The van der Waals surface area contributed by atoms with E-state index < -0.39 is 0 Å². The molecule has 0 N–H and O–H groups in total. The van der Waals surface area contributed by atoms with Crippen molar-refractivity contribution in [3.63, 3.8) is 0 Å². The van der Waals surface area contributed by atoms with Crippen LogP contribution in [0.4, 0.5) is 0 Å². The topological polar surface area (TPSA) is 21.7 Å². The molecule has 3 aliphatic heterocycles. The van der Waals surface area contributed by atoms with Gasteiger partial charge in [-0.25, -0.2) is 0 Å². The van der Waals surface area contributed by atoms with Gasteiger partial charge in [0.1, 0.15) is 0 Å². The molecule has 0 aromatic carbocycles. The zero-order valence-electron chi connectivity index (χ0n) is 35.7. The maximum atomic E-state index is 7.61. The summed E-state index contributed by atoms with van der Waals surface area (Å²) < 4.78 is 14.9. The van der Waals surface area contributed by atoms with Gasteiger partial charge in [-0.05, 0) is 200 Å². The van der Waals surface area contributed by atoms with E-state index in [0.717, 1.165) is 93.6 Å². The van der Waals surface area contributed by atoms with Gasteiger partial charge in [0.15, 0.2) is 0 Å². The lowest BCUT2D eigenvalue weighted by molar-refractivity contribution is -0.0937. The molecular formula is C52H83NO2S. The minimum Gasteiger partial charge on any atom is -0.374 e. The molecule has 0 amide bonds. The summed E-state index contributed by atoms with van der Waals surface area (Å²) in [6, 6.07) is 2.35. The van der Waals surface area contributed by atoms with Gasteiger partial charge in [0, 0.05) is 34.5 Å². The minimum absolute atomic E-state index is 0.546. The molecule has 12 aliphatic rings. The van der Waals surface area contributed by atoms with Crippen LogP contribution in [0, 0.1) is 71.0 Å². The zero-order chi connectivity index (χ0) is 36.7. The Morgan fingerprint density at radius 2 is 0.911 bits per heavy atom. The maximum Gasteiger partial charge on any atom is 0.0766 e. The second-order valence-corrected chi connectivity index (χ2v) is 25.0. The molecule has 0 radical (unpaired) electrons. The van der Waals surface area contributed by atoms with Crippen LogP contribution in [0.3, 0.4) is 0 Å². The summed E-state index contributed by atoms with van der Waals surface area (Å²) in [5.74, 6) is 11.5. The second-order valence-electron chi connectivity index (χ2n) is 23.5. The Bertz CT molecular complexity index is 1340. The van der Waals surface area contributed by atoms with E-state index in [9.17, 15) is 0 Å². The van der Waals surface area contributed by atoms with Crippen LogP contribution >= 0.6 is 11.8 Å². The summed E-state index contributed by atoms with van der Waals surface area (Å²) in [5, 5.41) is 1.90. The van der Waals surface area contributed by atoms with Crippen LogP contribution in [0.25, 0.3) is 0 Å². The van der Waals surface area contributed by atoms with Crippen molar-refractivity contribution < 1.29 is 9.47 Å². The van der Waals surface area contributed by atoms with Crippen molar-refractivity contribution in [2.45, 2.75) is 252 Å². The zero-order valence-corrected chi connectivity index (χ0v) is 36.5. The molecule has 0 aromatic heterocycles. The average Bonchev–Trinajstić information content (AvgIpc) is 3.96. The standard InChI is InChI=1S/C52H83NO2S/c1-2-10-35-31-36(20-19-32(35)9-1)33-21-25-37(26-22-33)53(45-16-8-15-41-40-11-3-5-17-46(40)54-51(41)45)38-27-23-34(24-28-38)39-13-7-14-42-43-29-30-48-49(52(43)55-50(39)42)44-12-4-6-18-47(44)56-48/h32-52H,1-31H2. The molecule has 56 heavy (non-hydrogen) atoms. The highest BCUT2D eigenvalue weighted by Crippen LogP contribution is 2.62. The number of hydrogen-bond donors (Lipinski definition) is 0. The van der Waals surface area contributed by atoms with Gasteiger partial charge < -0.3 is 9.47 Å². The minimum atomic E-state index is 0.546. The molecular weight excluding hydrogens is 703 g/mol. The Hall–Kier alpha value is 0.230. The molecule has 4 heteroatoms. The summed E-state index contributed by atoms with van der Waals surface area (Å²) in [6.07, 6.45) is 48.9. The second kappa shape index (κ2) is 16.2. The highest BCUT2D eigenvalue weighted by atomic mass is 32.2. The maximum absolute atomic E-state index is 7.61. The predicted octanol–water partition coefficient (Wildman–Crippen LogP) is 13.0. The third kappa shape index (κ3) is 6.72. The summed E-state index contributed by atoms with van der Waals surface area (Å²) in [7, 11) is 0. The largest absolute Gasteiger partial charge is 0.374 e. The van der Waals surface area contributed by atoms with Crippen LogP contribution < -0.4 is 0 Å². The number of hydrogen-bond acceptors (Lipinski definition) is 4. The van der Waals surface area contributed by atoms with Gasteiger partial charge in [-0.3, -0.25) is 4.90 Å². The molecule has 17 atom stereocenters. The van der Waals surface area contributed by atoms with Gasteiger partial charge in [0.25, 0.3) is 0 Å². The average molecular weight is 786 g/mol. The van der Waals surface area contributed by atoms with Gasteiger partial charge in [-0.15, -0.1) is 0 Å². The molecule has 3 saturated heterocycles. The van der Waals surface area contributed by atoms with Crippen molar-refractivity contribution >= 4 is 11.8 Å². The first-order chi connectivity index (χ1) is 27.7. The molecule has 12 fully saturated rings. The van der Waals surface area contributed by atoms with Gasteiger partial charge in [0.2, 0.25) is 0 Å². The number of ether oxygens (including phenoxy) is 2. The van der Waals surface area contributed by atoms with Gasteiger partial charge in [-0.1, -0.05) is 64.2 Å². The number of rotatable bonds is 5. The molecule has 0 spiro atoms. The van der Waals surface area contributed by atoms with E-state index in [1.807, 2.05) is 0 Å². The first kappa shape index (κ1) is 37.9. The highest BCUT2D eigenvalue weighted by molar-refractivity contribution is 8.00. The third-order valence-electron chi connectivity index (χ3n) is 21.4. The molecule has 12 rings (SSSR count). The van der Waals surface area contributed by atoms with E-state index in [1.54, 1.807) is 32.1 Å². The van der Waals surface area contributed by atoms with Crippen molar-refractivity contribution in [2.75, 3.05) is 0 Å². The molecule has 3 heterocycles. The van der Waals surface area contributed by atoms with Crippen molar-refractivity contribution in [3.05, 3.63) is 0 Å². The first-order valence-corrected chi connectivity index (χ1v) is 27.4. The fraction of sp³-hybridized carbons (Fsp3) is 1.00. The fourth-order valence-corrected chi connectivity index (χ4v) is 21.2. The van der Waals surface area contributed by atoms with Crippen LogP contribution in [0.2, 0.25) is 0 Å². The Labute approximate surface area is 347 Å².